The van der Waals surface area contributed by atoms with Gasteiger partial charge in [-0.05, 0) is 18.6 Å². The first-order chi connectivity index (χ1) is 10.3. The second-order valence-electron chi connectivity index (χ2n) is 5.83. The van der Waals surface area contributed by atoms with Crippen molar-refractivity contribution in [3.63, 3.8) is 0 Å². The minimum atomic E-state index is 0. The highest BCUT2D eigenvalue weighted by molar-refractivity contribution is 14.0. The fourth-order valence-corrected chi connectivity index (χ4v) is 4.46. The molecule has 2 saturated heterocycles. The molecule has 1 atom stereocenters. The Morgan fingerprint density at radius 2 is 2.09 bits per heavy atom. The average molecular weight is 442 g/mol. The van der Waals surface area contributed by atoms with Gasteiger partial charge in [0.1, 0.15) is 0 Å². The average Bonchev–Trinajstić information content (AvgIpc) is 3.02. The van der Waals surface area contributed by atoms with Gasteiger partial charge in [0.25, 0.3) is 0 Å². The van der Waals surface area contributed by atoms with Crippen molar-refractivity contribution >= 4 is 41.7 Å². The quantitative estimate of drug-likeness (QED) is 0.284. The number of aliphatic imine (C=N–C) groups is 1. The Balaban J connectivity index is 0.00000242. The van der Waals surface area contributed by atoms with E-state index < -0.39 is 0 Å². The van der Waals surface area contributed by atoms with Crippen LogP contribution in [0.3, 0.4) is 0 Å². The van der Waals surface area contributed by atoms with Gasteiger partial charge in [-0.3, -0.25) is 9.89 Å². The molecule has 2 N–H and O–H groups in total. The number of unbranched alkanes of at least 4 members (excludes halogenated alkanes) is 1. The standard InChI is InChI=1S/C15H30N4OS.HI/c1-3-4-6-17-14(16-2)18-12-15(5-11-21-13-15)19-7-9-20-10-8-19;/h3-13H2,1-2H3,(H2,16,17,18);1H. The number of guanidine groups is 1. The largest absolute Gasteiger partial charge is 0.379 e. The summed E-state index contributed by atoms with van der Waals surface area (Å²) in [7, 11) is 1.85. The molecule has 2 rings (SSSR count). The maximum Gasteiger partial charge on any atom is 0.191 e. The van der Waals surface area contributed by atoms with Gasteiger partial charge in [0, 0.05) is 44.5 Å². The van der Waals surface area contributed by atoms with Crippen LogP contribution in [0.1, 0.15) is 26.2 Å². The highest BCUT2D eigenvalue weighted by atomic mass is 127. The van der Waals surface area contributed by atoms with Gasteiger partial charge < -0.3 is 15.4 Å². The molecule has 0 aromatic rings. The van der Waals surface area contributed by atoms with Crippen molar-refractivity contribution in [1.82, 2.24) is 15.5 Å². The zero-order chi connectivity index (χ0) is 15.0. The Morgan fingerprint density at radius 3 is 2.68 bits per heavy atom. The number of halogens is 1. The summed E-state index contributed by atoms with van der Waals surface area (Å²) in [5.74, 6) is 3.42. The van der Waals surface area contributed by atoms with Crippen LogP contribution in [0.5, 0.6) is 0 Å². The van der Waals surface area contributed by atoms with E-state index in [0.29, 0.717) is 0 Å². The minimum absolute atomic E-state index is 0. The maximum atomic E-state index is 5.51. The predicted molar refractivity (Wildman–Crippen MR) is 107 cm³/mol. The van der Waals surface area contributed by atoms with E-state index in [-0.39, 0.29) is 29.5 Å². The van der Waals surface area contributed by atoms with Gasteiger partial charge in [-0.2, -0.15) is 11.8 Å². The number of ether oxygens (including phenoxy) is 1. The Bertz CT molecular complexity index is 332. The highest BCUT2D eigenvalue weighted by Gasteiger charge is 2.40. The molecule has 5 nitrogen and oxygen atoms in total. The number of hydrogen-bond acceptors (Lipinski definition) is 4. The van der Waals surface area contributed by atoms with Crippen molar-refractivity contribution in [3.8, 4) is 0 Å². The molecular formula is C15H31IN4OS. The molecule has 0 radical (unpaired) electrons. The van der Waals surface area contributed by atoms with Crippen LogP contribution in [-0.4, -0.2) is 74.3 Å². The van der Waals surface area contributed by atoms with Crippen LogP contribution in [0.4, 0.5) is 0 Å². The number of nitrogens with zero attached hydrogens (tertiary/aromatic N) is 2. The second kappa shape index (κ2) is 10.9. The third-order valence-electron chi connectivity index (χ3n) is 4.40. The van der Waals surface area contributed by atoms with Crippen LogP contribution in [-0.2, 0) is 4.74 Å². The van der Waals surface area contributed by atoms with Gasteiger partial charge in [0.15, 0.2) is 5.96 Å². The molecule has 0 saturated carbocycles. The Hall–Kier alpha value is 0.270. The fraction of sp³-hybridized carbons (Fsp3) is 0.933. The normalized spacial score (nSPS) is 26.5. The van der Waals surface area contributed by atoms with E-state index in [9.17, 15) is 0 Å². The van der Waals surface area contributed by atoms with Crippen LogP contribution < -0.4 is 10.6 Å². The molecule has 2 heterocycles. The van der Waals surface area contributed by atoms with E-state index in [2.05, 4.69) is 39.2 Å². The van der Waals surface area contributed by atoms with Crippen molar-refractivity contribution in [1.29, 1.82) is 0 Å². The molecule has 0 aliphatic carbocycles. The molecule has 1 unspecified atom stereocenters. The molecule has 7 heteroatoms. The van der Waals surface area contributed by atoms with Crippen molar-refractivity contribution in [2.24, 2.45) is 4.99 Å². The Kier molecular flexibility index (Phi) is 10.1. The summed E-state index contributed by atoms with van der Waals surface area (Å²) in [6, 6.07) is 0. The van der Waals surface area contributed by atoms with Gasteiger partial charge in [-0.1, -0.05) is 13.3 Å². The number of nitrogens with one attached hydrogen (secondary N) is 2. The molecule has 0 bridgehead atoms. The van der Waals surface area contributed by atoms with Gasteiger partial charge in [0.2, 0.25) is 0 Å². The van der Waals surface area contributed by atoms with E-state index in [1.807, 2.05) is 7.05 Å². The summed E-state index contributed by atoms with van der Waals surface area (Å²) in [6.07, 6.45) is 3.65. The van der Waals surface area contributed by atoms with Crippen LogP contribution >= 0.6 is 35.7 Å². The monoisotopic (exact) mass is 442 g/mol. The molecule has 0 spiro atoms. The summed E-state index contributed by atoms with van der Waals surface area (Å²) >= 11 is 2.07. The lowest BCUT2D eigenvalue weighted by atomic mass is 9.95. The molecular weight excluding hydrogens is 411 g/mol. The fourth-order valence-electron chi connectivity index (χ4n) is 2.99. The number of thioether (sulfide) groups is 1. The van der Waals surface area contributed by atoms with E-state index in [4.69, 9.17) is 4.74 Å². The first-order valence-electron chi connectivity index (χ1n) is 8.16. The highest BCUT2D eigenvalue weighted by Crippen LogP contribution is 2.33. The van der Waals surface area contributed by atoms with Gasteiger partial charge in [-0.15, -0.1) is 24.0 Å². The summed E-state index contributed by atoms with van der Waals surface area (Å²) < 4.78 is 5.51. The summed E-state index contributed by atoms with van der Waals surface area (Å²) in [5.41, 5.74) is 0.275. The van der Waals surface area contributed by atoms with E-state index in [1.165, 1.54) is 30.8 Å². The van der Waals surface area contributed by atoms with Gasteiger partial charge in [-0.25, -0.2) is 0 Å². The van der Waals surface area contributed by atoms with Crippen LogP contribution in [0.15, 0.2) is 4.99 Å². The lowest BCUT2D eigenvalue weighted by molar-refractivity contribution is -0.0120. The smallest absolute Gasteiger partial charge is 0.191 e. The predicted octanol–water partition coefficient (Wildman–Crippen LogP) is 1.78. The molecule has 0 amide bonds. The van der Waals surface area contributed by atoms with Gasteiger partial charge in [0.05, 0.1) is 13.2 Å². The molecule has 2 fully saturated rings. The SMILES string of the molecule is CCCCNC(=NC)NCC1(N2CCOCC2)CCSC1.I. The molecule has 130 valence electrons. The zero-order valence-corrected chi connectivity index (χ0v) is 17.0. The molecule has 0 aromatic carbocycles. The molecule has 0 aromatic heterocycles. The van der Waals surface area contributed by atoms with E-state index in [0.717, 1.165) is 45.4 Å². The van der Waals surface area contributed by atoms with Crippen LogP contribution in [0, 0.1) is 0 Å². The molecule has 22 heavy (non-hydrogen) atoms. The number of rotatable bonds is 6. The van der Waals surface area contributed by atoms with E-state index >= 15 is 0 Å². The van der Waals surface area contributed by atoms with Crippen molar-refractivity contribution in [2.75, 3.05) is 57.9 Å². The van der Waals surface area contributed by atoms with Crippen molar-refractivity contribution < 1.29 is 4.74 Å². The van der Waals surface area contributed by atoms with Crippen molar-refractivity contribution in [3.05, 3.63) is 0 Å². The maximum absolute atomic E-state index is 5.51. The van der Waals surface area contributed by atoms with Crippen LogP contribution in [0.2, 0.25) is 0 Å². The van der Waals surface area contributed by atoms with Gasteiger partial charge >= 0.3 is 0 Å². The first kappa shape index (κ1) is 20.3. The summed E-state index contributed by atoms with van der Waals surface area (Å²) in [6.45, 7) is 8.04. The first-order valence-corrected chi connectivity index (χ1v) is 9.31. The molecule has 2 aliphatic rings. The molecule has 2 aliphatic heterocycles. The Morgan fingerprint density at radius 1 is 1.32 bits per heavy atom. The lowest BCUT2D eigenvalue weighted by Crippen LogP contribution is -2.60. The topological polar surface area (TPSA) is 48.9 Å². The zero-order valence-electron chi connectivity index (χ0n) is 13.9. The second-order valence-corrected chi connectivity index (χ2v) is 6.94. The third kappa shape index (κ3) is 5.72. The minimum Gasteiger partial charge on any atom is -0.379 e. The third-order valence-corrected chi connectivity index (χ3v) is 5.63. The summed E-state index contributed by atoms with van der Waals surface area (Å²) in [5, 5.41) is 6.95. The number of hydrogen-bond donors (Lipinski definition) is 2. The summed E-state index contributed by atoms with van der Waals surface area (Å²) in [4.78, 5) is 6.97. The van der Waals surface area contributed by atoms with Crippen LogP contribution in [0.25, 0.3) is 0 Å². The number of morpholine rings is 1. The lowest BCUT2D eigenvalue weighted by Gasteiger charge is -2.43. The van der Waals surface area contributed by atoms with Crippen molar-refractivity contribution in [2.45, 2.75) is 31.7 Å². The van der Waals surface area contributed by atoms with E-state index in [1.54, 1.807) is 0 Å². The Labute approximate surface area is 156 Å².